The van der Waals surface area contributed by atoms with E-state index >= 15 is 0 Å². The molecule has 0 spiro atoms. The van der Waals surface area contributed by atoms with Crippen molar-refractivity contribution in [3.8, 4) is 0 Å². The minimum atomic E-state index is -1.44. The van der Waals surface area contributed by atoms with E-state index in [2.05, 4.69) is 15.9 Å². The number of aliphatic hydroxyl groups is 1. The molecule has 1 rings (SSSR count). The topological polar surface area (TPSA) is 57.5 Å². The van der Waals surface area contributed by atoms with Gasteiger partial charge in [-0.15, -0.1) is 11.8 Å². The van der Waals surface area contributed by atoms with Crippen LogP contribution in [0.1, 0.15) is 23.7 Å². The van der Waals surface area contributed by atoms with Gasteiger partial charge in [-0.25, -0.2) is 4.79 Å². The number of carboxylic acid groups (broad SMARTS) is 1. The van der Waals surface area contributed by atoms with Crippen LogP contribution in [-0.4, -0.2) is 27.8 Å². The monoisotopic (exact) mass is 318 g/mol. The van der Waals surface area contributed by atoms with Crippen LogP contribution in [0, 0.1) is 0 Å². The van der Waals surface area contributed by atoms with Crippen molar-refractivity contribution in [2.24, 2.45) is 0 Å². The number of aliphatic carboxylic acids is 1. The maximum absolute atomic E-state index is 10.7. The van der Waals surface area contributed by atoms with Crippen LogP contribution in [0.3, 0.4) is 0 Å². The Bertz CT molecular complexity index is 395. The fourth-order valence-electron chi connectivity index (χ4n) is 1.56. The van der Waals surface area contributed by atoms with Crippen molar-refractivity contribution in [1.29, 1.82) is 0 Å². The summed E-state index contributed by atoms with van der Waals surface area (Å²) in [4.78, 5) is 11.8. The molecule has 0 aliphatic carbocycles. The highest BCUT2D eigenvalue weighted by Crippen LogP contribution is 2.25. The van der Waals surface area contributed by atoms with Crippen LogP contribution in [0.4, 0.5) is 0 Å². The van der Waals surface area contributed by atoms with Gasteiger partial charge in [0, 0.05) is 10.2 Å². The van der Waals surface area contributed by atoms with Gasteiger partial charge in [0.1, 0.15) is 0 Å². The number of carbonyl (C=O) groups is 1. The number of hydrogen-bond acceptors (Lipinski definition) is 3. The Morgan fingerprint density at radius 2 is 2.24 bits per heavy atom. The van der Waals surface area contributed by atoms with E-state index in [1.807, 2.05) is 12.3 Å². The van der Waals surface area contributed by atoms with Crippen molar-refractivity contribution in [2.75, 3.05) is 11.6 Å². The average Bonchev–Trinajstić information content (AvgIpc) is 2.34. The molecule has 0 heterocycles. The van der Waals surface area contributed by atoms with Crippen LogP contribution in [0.5, 0.6) is 0 Å². The van der Waals surface area contributed by atoms with Gasteiger partial charge in [-0.3, -0.25) is 0 Å². The number of halogens is 1. The number of rotatable bonds is 6. The summed E-state index contributed by atoms with van der Waals surface area (Å²) in [5.74, 6) is -1.21. The SMILES string of the molecule is CSc1ccc(C(O)C(=O)O)cc1CCCBr. The molecule has 1 unspecified atom stereocenters. The van der Waals surface area contributed by atoms with Crippen LogP contribution >= 0.6 is 27.7 Å². The minimum absolute atomic E-state index is 0.444. The molecule has 94 valence electrons. The molecule has 0 saturated heterocycles. The van der Waals surface area contributed by atoms with Gasteiger partial charge >= 0.3 is 5.97 Å². The summed E-state index contributed by atoms with van der Waals surface area (Å²) >= 11 is 5.00. The van der Waals surface area contributed by atoms with Crippen LogP contribution < -0.4 is 0 Å². The highest BCUT2D eigenvalue weighted by atomic mass is 79.9. The maximum Gasteiger partial charge on any atom is 0.337 e. The highest BCUT2D eigenvalue weighted by molar-refractivity contribution is 9.09. The summed E-state index contributed by atoms with van der Waals surface area (Å²) in [6.45, 7) is 0. The first kappa shape index (κ1) is 14.5. The first-order valence-corrected chi connectivity index (χ1v) is 7.58. The predicted molar refractivity (Wildman–Crippen MR) is 72.9 cm³/mol. The Balaban J connectivity index is 2.99. The maximum atomic E-state index is 10.7. The van der Waals surface area contributed by atoms with Crippen molar-refractivity contribution in [3.63, 3.8) is 0 Å². The van der Waals surface area contributed by atoms with Crippen molar-refractivity contribution < 1.29 is 15.0 Å². The molecule has 0 amide bonds. The van der Waals surface area contributed by atoms with Gasteiger partial charge in [-0.2, -0.15) is 0 Å². The van der Waals surface area contributed by atoms with E-state index in [-0.39, 0.29) is 0 Å². The van der Waals surface area contributed by atoms with Gasteiger partial charge in [0.2, 0.25) is 0 Å². The lowest BCUT2D eigenvalue weighted by atomic mass is 10.0. The van der Waals surface area contributed by atoms with Crippen LogP contribution in [-0.2, 0) is 11.2 Å². The second-order valence-corrected chi connectivity index (χ2v) is 5.25. The Labute approximate surface area is 113 Å². The minimum Gasteiger partial charge on any atom is -0.479 e. The van der Waals surface area contributed by atoms with E-state index in [4.69, 9.17) is 5.11 Å². The Morgan fingerprint density at radius 3 is 2.76 bits per heavy atom. The molecular weight excluding hydrogens is 304 g/mol. The Hall–Kier alpha value is -0.520. The summed E-state index contributed by atoms with van der Waals surface area (Å²) in [6.07, 6.45) is 2.41. The van der Waals surface area contributed by atoms with Crippen molar-refractivity contribution >= 4 is 33.7 Å². The van der Waals surface area contributed by atoms with Crippen molar-refractivity contribution in [1.82, 2.24) is 0 Å². The predicted octanol–water partition coefficient (Wildman–Crippen LogP) is 2.85. The third kappa shape index (κ3) is 4.01. The van der Waals surface area contributed by atoms with E-state index in [0.717, 1.165) is 28.6 Å². The lowest BCUT2D eigenvalue weighted by Crippen LogP contribution is -2.10. The van der Waals surface area contributed by atoms with Gasteiger partial charge in [0.25, 0.3) is 0 Å². The summed E-state index contributed by atoms with van der Waals surface area (Å²) in [5.41, 5.74) is 1.54. The smallest absolute Gasteiger partial charge is 0.337 e. The Morgan fingerprint density at radius 1 is 1.53 bits per heavy atom. The molecule has 1 atom stereocenters. The molecule has 1 aromatic carbocycles. The number of aliphatic hydroxyl groups excluding tert-OH is 1. The van der Waals surface area contributed by atoms with E-state index in [9.17, 15) is 9.90 Å². The summed E-state index contributed by atoms with van der Waals surface area (Å²) < 4.78 is 0. The lowest BCUT2D eigenvalue weighted by Gasteiger charge is -2.11. The van der Waals surface area contributed by atoms with Gasteiger partial charge < -0.3 is 10.2 Å². The number of alkyl halides is 1. The highest BCUT2D eigenvalue weighted by Gasteiger charge is 2.16. The van der Waals surface area contributed by atoms with Gasteiger partial charge in [-0.1, -0.05) is 28.1 Å². The van der Waals surface area contributed by atoms with Gasteiger partial charge in [0.05, 0.1) is 0 Å². The lowest BCUT2D eigenvalue weighted by molar-refractivity contribution is -0.146. The molecule has 3 nitrogen and oxygen atoms in total. The quantitative estimate of drug-likeness (QED) is 0.625. The number of carboxylic acids is 1. The molecule has 2 N–H and O–H groups in total. The fraction of sp³-hybridized carbons (Fsp3) is 0.417. The van der Waals surface area contributed by atoms with E-state index in [0.29, 0.717) is 5.56 Å². The molecule has 0 saturated carbocycles. The molecule has 0 bridgehead atoms. The third-order valence-electron chi connectivity index (χ3n) is 2.43. The molecule has 0 radical (unpaired) electrons. The largest absolute Gasteiger partial charge is 0.479 e. The molecule has 0 aliphatic heterocycles. The average molecular weight is 319 g/mol. The number of benzene rings is 1. The number of hydrogen-bond donors (Lipinski definition) is 2. The molecular formula is C12H15BrO3S. The number of thioether (sulfide) groups is 1. The molecule has 1 aromatic rings. The normalized spacial score (nSPS) is 12.4. The van der Waals surface area contributed by atoms with Crippen LogP contribution in [0.15, 0.2) is 23.1 Å². The summed E-state index contributed by atoms with van der Waals surface area (Å²) in [5, 5.41) is 19.2. The van der Waals surface area contributed by atoms with Gasteiger partial charge in [0.15, 0.2) is 6.10 Å². The van der Waals surface area contributed by atoms with Gasteiger partial charge in [-0.05, 0) is 36.3 Å². The first-order chi connectivity index (χ1) is 8.10. The second kappa shape index (κ2) is 7.03. The molecule has 5 heteroatoms. The zero-order chi connectivity index (χ0) is 12.8. The van der Waals surface area contributed by atoms with Crippen molar-refractivity contribution in [2.45, 2.75) is 23.8 Å². The summed E-state index contributed by atoms with van der Waals surface area (Å²) in [6, 6.07) is 5.32. The molecule has 17 heavy (non-hydrogen) atoms. The van der Waals surface area contributed by atoms with Crippen LogP contribution in [0.25, 0.3) is 0 Å². The fourth-order valence-corrected chi connectivity index (χ4v) is 2.47. The van der Waals surface area contributed by atoms with E-state index < -0.39 is 12.1 Å². The van der Waals surface area contributed by atoms with Crippen molar-refractivity contribution in [3.05, 3.63) is 29.3 Å². The molecule has 0 aliphatic rings. The molecule has 0 aromatic heterocycles. The first-order valence-electron chi connectivity index (χ1n) is 5.23. The zero-order valence-electron chi connectivity index (χ0n) is 9.52. The van der Waals surface area contributed by atoms with E-state index in [1.165, 1.54) is 0 Å². The second-order valence-electron chi connectivity index (χ2n) is 3.60. The third-order valence-corrected chi connectivity index (χ3v) is 3.83. The Kier molecular flexibility index (Phi) is 6.02. The van der Waals surface area contributed by atoms with E-state index in [1.54, 1.807) is 23.9 Å². The number of aryl methyl sites for hydroxylation is 1. The molecule has 0 fully saturated rings. The van der Waals surface area contributed by atoms with Crippen LogP contribution in [0.2, 0.25) is 0 Å². The summed E-state index contributed by atoms with van der Waals surface area (Å²) in [7, 11) is 0. The zero-order valence-corrected chi connectivity index (χ0v) is 11.9. The standard InChI is InChI=1S/C12H15BrO3S/c1-17-10-5-4-9(11(14)12(15)16)7-8(10)3-2-6-13/h4-5,7,11,14H,2-3,6H2,1H3,(H,15,16).